The third kappa shape index (κ3) is 5.77. The molecule has 0 saturated heterocycles. The average Bonchev–Trinajstić information content (AvgIpc) is 2.49. The maximum absolute atomic E-state index is 13.0. The Bertz CT molecular complexity index is 720. The lowest BCUT2D eigenvalue weighted by Gasteiger charge is -2.16. The standard InChI is InChI=1S/C17H17F2N3O2/c1-22(10-16(23)20-14-7-5-12(18)6-8-14)11-17(24)21-15-4-2-3-13(19)9-15/h2-9H,10-11H2,1H3,(H,20,23)(H,21,24). The van der Waals surface area contributed by atoms with E-state index in [4.69, 9.17) is 0 Å². The highest BCUT2D eigenvalue weighted by Crippen LogP contribution is 2.09. The van der Waals surface area contributed by atoms with Crippen LogP contribution < -0.4 is 10.6 Å². The number of carbonyl (C=O) groups is 2. The van der Waals surface area contributed by atoms with Gasteiger partial charge in [0.2, 0.25) is 11.8 Å². The molecule has 2 aromatic carbocycles. The van der Waals surface area contributed by atoms with E-state index in [1.807, 2.05) is 0 Å². The molecule has 0 aliphatic rings. The van der Waals surface area contributed by atoms with Crippen molar-refractivity contribution in [2.24, 2.45) is 0 Å². The van der Waals surface area contributed by atoms with Crippen molar-refractivity contribution in [1.29, 1.82) is 0 Å². The van der Waals surface area contributed by atoms with E-state index in [0.29, 0.717) is 11.4 Å². The summed E-state index contributed by atoms with van der Waals surface area (Å²) in [6.45, 7) is -0.0543. The molecule has 2 amide bonds. The fourth-order valence-corrected chi connectivity index (χ4v) is 2.05. The van der Waals surface area contributed by atoms with Crippen LogP contribution in [0.15, 0.2) is 48.5 Å². The number of nitrogens with zero attached hydrogens (tertiary/aromatic N) is 1. The molecule has 0 aliphatic heterocycles. The molecule has 7 heteroatoms. The molecular weight excluding hydrogens is 316 g/mol. The van der Waals surface area contributed by atoms with Gasteiger partial charge in [0.05, 0.1) is 13.1 Å². The summed E-state index contributed by atoms with van der Waals surface area (Å²) < 4.78 is 25.8. The second-order valence-electron chi connectivity index (χ2n) is 5.29. The van der Waals surface area contributed by atoms with Crippen LogP contribution in [0.1, 0.15) is 0 Å². The smallest absolute Gasteiger partial charge is 0.238 e. The van der Waals surface area contributed by atoms with Crippen molar-refractivity contribution in [1.82, 2.24) is 4.90 Å². The van der Waals surface area contributed by atoms with Crippen molar-refractivity contribution in [2.75, 3.05) is 30.8 Å². The summed E-state index contributed by atoms with van der Waals surface area (Å²) in [6.07, 6.45) is 0. The number of carbonyl (C=O) groups excluding carboxylic acids is 2. The minimum Gasteiger partial charge on any atom is -0.325 e. The van der Waals surface area contributed by atoms with Gasteiger partial charge in [-0.25, -0.2) is 8.78 Å². The van der Waals surface area contributed by atoms with Crippen molar-refractivity contribution in [3.63, 3.8) is 0 Å². The zero-order chi connectivity index (χ0) is 17.5. The highest BCUT2D eigenvalue weighted by molar-refractivity contribution is 5.94. The number of nitrogens with one attached hydrogen (secondary N) is 2. The van der Waals surface area contributed by atoms with E-state index in [2.05, 4.69) is 10.6 Å². The first-order valence-electron chi connectivity index (χ1n) is 7.22. The molecule has 0 spiro atoms. The van der Waals surface area contributed by atoms with E-state index in [0.717, 1.165) is 0 Å². The van der Waals surface area contributed by atoms with Gasteiger partial charge in [-0.2, -0.15) is 0 Å². The van der Waals surface area contributed by atoms with Crippen LogP contribution in [0.25, 0.3) is 0 Å². The van der Waals surface area contributed by atoms with Crippen LogP contribution in [0.2, 0.25) is 0 Å². The molecule has 2 aromatic rings. The molecule has 0 atom stereocenters. The molecular formula is C17H17F2N3O2. The number of hydrogen-bond donors (Lipinski definition) is 2. The van der Waals surface area contributed by atoms with E-state index in [1.165, 1.54) is 47.4 Å². The lowest BCUT2D eigenvalue weighted by atomic mass is 10.3. The van der Waals surface area contributed by atoms with Crippen molar-refractivity contribution in [3.8, 4) is 0 Å². The lowest BCUT2D eigenvalue weighted by molar-refractivity contribution is -0.119. The van der Waals surface area contributed by atoms with Gasteiger partial charge < -0.3 is 10.6 Å². The molecule has 24 heavy (non-hydrogen) atoms. The first kappa shape index (κ1) is 17.6. The van der Waals surface area contributed by atoms with E-state index in [1.54, 1.807) is 13.1 Å². The molecule has 0 unspecified atom stereocenters. The zero-order valence-corrected chi connectivity index (χ0v) is 13.1. The molecule has 2 rings (SSSR count). The number of anilines is 2. The van der Waals surface area contributed by atoms with Crippen molar-refractivity contribution < 1.29 is 18.4 Å². The van der Waals surface area contributed by atoms with Crippen LogP contribution in [0.3, 0.4) is 0 Å². The minimum atomic E-state index is -0.445. The molecule has 0 bridgehead atoms. The Labute approximate surface area is 138 Å². The average molecular weight is 333 g/mol. The van der Waals surface area contributed by atoms with Crippen LogP contribution in [0.4, 0.5) is 20.2 Å². The molecule has 0 heterocycles. The number of benzene rings is 2. The summed E-state index contributed by atoms with van der Waals surface area (Å²) >= 11 is 0. The molecule has 0 saturated carbocycles. The monoisotopic (exact) mass is 333 g/mol. The normalized spacial score (nSPS) is 10.5. The second-order valence-corrected chi connectivity index (χ2v) is 5.29. The topological polar surface area (TPSA) is 61.4 Å². The summed E-state index contributed by atoms with van der Waals surface area (Å²) in [6, 6.07) is 10.9. The van der Waals surface area contributed by atoms with Gasteiger partial charge in [0, 0.05) is 11.4 Å². The fraction of sp³-hybridized carbons (Fsp3) is 0.176. The van der Waals surface area contributed by atoms with Gasteiger partial charge in [-0.1, -0.05) is 6.07 Å². The van der Waals surface area contributed by atoms with Gasteiger partial charge in [0.15, 0.2) is 0 Å². The number of amides is 2. The number of halogens is 2. The summed E-state index contributed by atoms with van der Waals surface area (Å²) in [7, 11) is 1.61. The molecule has 0 fully saturated rings. The first-order chi connectivity index (χ1) is 11.4. The Morgan fingerprint density at radius 3 is 2.04 bits per heavy atom. The second kappa shape index (κ2) is 8.16. The summed E-state index contributed by atoms with van der Waals surface area (Å²) in [4.78, 5) is 25.2. The SMILES string of the molecule is CN(CC(=O)Nc1ccc(F)cc1)CC(=O)Nc1cccc(F)c1. The predicted octanol–water partition coefficient (Wildman–Crippen LogP) is 2.47. The third-order valence-electron chi connectivity index (χ3n) is 3.06. The van der Waals surface area contributed by atoms with Crippen molar-refractivity contribution in [2.45, 2.75) is 0 Å². The third-order valence-corrected chi connectivity index (χ3v) is 3.06. The number of rotatable bonds is 6. The van der Waals surface area contributed by atoms with Gasteiger partial charge >= 0.3 is 0 Å². The molecule has 126 valence electrons. The van der Waals surface area contributed by atoms with E-state index < -0.39 is 5.82 Å². The molecule has 0 aromatic heterocycles. The number of likely N-dealkylation sites (N-methyl/N-ethyl adjacent to an activating group) is 1. The van der Waals surface area contributed by atoms with Crippen LogP contribution in [-0.2, 0) is 9.59 Å². The Balaban J connectivity index is 1.79. The lowest BCUT2D eigenvalue weighted by Crippen LogP contribution is -2.36. The Hall–Kier alpha value is -2.80. The zero-order valence-electron chi connectivity index (χ0n) is 13.1. The Kier molecular flexibility index (Phi) is 5.97. The highest BCUT2D eigenvalue weighted by Gasteiger charge is 2.11. The maximum Gasteiger partial charge on any atom is 0.238 e. The molecule has 2 N–H and O–H groups in total. The van der Waals surface area contributed by atoms with Gasteiger partial charge in [0.25, 0.3) is 0 Å². The van der Waals surface area contributed by atoms with E-state index >= 15 is 0 Å². The van der Waals surface area contributed by atoms with E-state index in [-0.39, 0.29) is 30.7 Å². The summed E-state index contributed by atoms with van der Waals surface area (Å²) in [5.41, 5.74) is 0.822. The van der Waals surface area contributed by atoms with Crippen LogP contribution >= 0.6 is 0 Å². The number of hydrogen-bond acceptors (Lipinski definition) is 3. The van der Waals surface area contributed by atoms with Crippen LogP contribution in [0.5, 0.6) is 0 Å². The minimum absolute atomic E-state index is 0.0199. The van der Waals surface area contributed by atoms with Crippen molar-refractivity contribution >= 4 is 23.2 Å². The van der Waals surface area contributed by atoms with Crippen LogP contribution in [-0.4, -0.2) is 36.9 Å². The van der Waals surface area contributed by atoms with Gasteiger partial charge in [-0.15, -0.1) is 0 Å². The molecule has 0 aliphatic carbocycles. The highest BCUT2D eigenvalue weighted by atomic mass is 19.1. The summed E-state index contributed by atoms with van der Waals surface area (Å²) in [5.74, 6) is -1.53. The van der Waals surface area contributed by atoms with Gasteiger partial charge in [-0.3, -0.25) is 14.5 Å². The molecule has 5 nitrogen and oxygen atoms in total. The van der Waals surface area contributed by atoms with Crippen LogP contribution in [0, 0.1) is 11.6 Å². The Morgan fingerprint density at radius 2 is 1.46 bits per heavy atom. The quantitative estimate of drug-likeness (QED) is 0.854. The first-order valence-corrected chi connectivity index (χ1v) is 7.22. The summed E-state index contributed by atoms with van der Waals surface area (Å²) in [5, 5.41) is 5.15. The van der Waals surface area contributed by atoms with E-state index in [9.17, 15) is 18.4 Å². The van der Waals surface area contributed by atoms with Crippen molar-refractivity contribution in [3.05, 3.63) is 60.2 Å². The predicted molar refractivity (Wildman–Crippen MR) is 87.6 cm³/mol. The molecule has 0 radical (unpaired) electrons. The Morgan fingerprint density at radius 1 is 0.875 bits per heavy atom. The maximum atomic E-state index is 13.0. The fourth-order valence-electron chi connectivity index (χ4n) is 2.05. The largest absolute Gasteiger partial charge is 0.325 e. The van der Waals surface area contributed by atoms with Gasteiger partial charge in [-0.05, 0) is 49.5 Å². The van der Waals surface area contributed by atoms with Gasteiger partial charge in [0.1, 0.15) is 11.6 Å².